The molecule has 0 fully saturated rings. The Balaban J connectivity index is 3.48. The van der Waals surface area contributed by atoms with Crippen molar-refractivity contribution < 1.29 is 36.2 Å². The highest BCUT2D eigenvalue weighted by Crippen LogP contribution is 2.36. The van der Waals surface area contributed by atoms with E-state index in [1.165, 1.54) is 6.92 Å². The van der Waals surface area contributed by atoms with Gasteiger partial charge in [-0.05, 0) is 6.92 Å². The van der Waals surface area contributed by atoms with Gasteiger partial charge in [0.1, 0.15) is 0 Å². The summed E-state index contributed by atoms with van der Waals surface area (Å²) >= 11 is 0. The summed E-state index contributed by atoms with van der Waals surface area (Å²) in [7, 11) is 0. The number of rotatable bonds is 5. The van der Waals surface area contributed by atoms with Crippen LogP contribution in [0.1, 0.15) is 35.0 Å². The smallest absolute Gasteiger partial charge is 0.462 e. The Bertz CT molecular complexity index is 519. The maximum atomic E-state index is 13.1. The summed E-state index contributed by atoms with van der Waals surface area (Å²) in [5.41, 5.74) is 2.89. The van der Waals surface area contributed by atoms with E-state index in [1.54, 1.807) is 0 Å². The van der Waals surface area contributed by atoms with E-state index in [9.17, 15) is 26.7 Å². The molecule has 21 heavy (non-hydrogen) atoms. The van der Waals surface area contributed by atoms with Crippen molar-refractivity contribution in [2.75, 3.05) is 6.61 Å². The normalized spacial score (nSPS) is 11.6. The minimum Gasteiger partial charge on any atom is -0.462 e. The van der Waals surface area contributed by atoms with E-state index >= 15 is 0 Å². The number of nitrogens with zero attached hydrogens (tertiary/aromatic N) is 1. The van der Waals surface area contributed by atoms with Crippen LogP contribution in [0.5, 0.6) is 5.75 Å². The predicted molar refractivity (Wildman–Crippen MR) is 59.7 cm³/mol. The van der Waals surface area contributed by atoms with E-state index in [4.69, 9.17) is 5.73 Å². The van der Waals surface area contributed by atoms with E-state index in [0.29, 0.717) is 6.20 Å². The Kier molecular flexibility index (Phi) is 5.41. The van der Waals surface area contributed by atoms with Gasteiger partial charge in [-0.25, -0.2) is 13.6 Å². The van der Waals surface area contributed by atoms with Crippen molar-refractivity contribution in [1.29, 1.82) is 0 Å². The molecule has 10 heteroatoms. The minimum absolute atomic E-state index is 0.157. The lowest BCUT2D eigenvalue weighted by Crippen LogP contribution is -2.22. The van der Waals surface area contributed by atoms with Gasteiger partial charge in [0.25, 0.3) is 6.43 Å². The lowest BCUT2D eigenvalue weighted by molar-refractivity contribution is -0.275. The molecular weight excluding hydrogens is 303 g/mol. The second kappa shape index (κ2) is 6.66. The summed E-state index contributed by atoms with van der Waals surface area (Å²) < 4.78 is 70.8. The molecule has 118 valence electrons. The number of halogens is 5. The fraction of sp³-hybridized carbons (Fsp3) is 0.455. The van der Waals surface area contributed by atoms with Gasteiger partial charge < -0.3 is 15.2 Å². The maximum Gasteiger partial charge on any atom is 0.573 e. The summed E-state index contributed by atoms with van der Waals surface area (Å²) in [6.45, 7) is 0.821. The van der Waals surface area contributed by atoms with Crippen LogP contribution in [0.3, 0.4) is 0 Å². The number of carbonyl (C=O) groups excluding carboxylic acids is 1. The zero-order chi connectivity index (χ0) is 16.2. The molecule has 0 aromatic carbocycles. The van der Waals surface area contributed by atoms with E-state index in [2.05, 4.69) is 14.5 Å². The molecule has 0 atom stereocenters. The van der Waals surface area contributed by atoms with Crippen molar-refractivity contribution in [3.05, 3.63) is 23.0 Å². The molecule has 2 N–H and O–H groups in total. The SMILES string of the molecule is CCOC(=O)c1c(CN)ncc(OC(F)(F)F)c1C(F)F. The third-order valence-electron chi connectivity index (χ3n) is 2.28. The van der Waals surface area contributed by atoms with E-state index in [1.807, 2.05) is 0 Å². The molecule has 0 saturated carbocycles. The Morgan fingerprint density at radius 2 is 2.05 bits per heavy atom. The van der Waals surface area contributed by atoms with Gasteiger partial charge in [0.15, 0.2) is 5.75 Å². The number of aromatic nitrogens is 1. The standard InChI is InChI=1S/C11H11F5N2O3/c1-2-20-10(19)7-5(3-17)18-4-6(8(7)9(12)13)21-11(14,15)16/h4,9H,2-3,17H2,1H3. The number of carbonyl (C=O) groups is 1. The molecule has 0 amide bonds. The van der Waals surface area contributed by atoms with Crippen LogP contribution < -0.4 is 10.5 Å². The quantitative estimate of drug-likeness (QED) is 0.668. The van der Waals surface area contributed by atoms with E-state index < -0.39 is 42.2 Å². The molecule has 1 heterocycles. The summed E-state index contributed by atoms with van der Waals surface area (Å²) in [6, 6.07) is 0. The molecule has 0 unspecified atom stereocenters. The second-order valence-electron chi connectivity index (χ2n) is 3.63. The Hall–Kier alpha value is -1.97. The molecule has 1 aromatic heterocycles. The molecule has 0 aliphatic carbocycles. The number of hydrogen-bond acceptors (Lipinski definition) is 5. The van der Waals surface area contributed by atoms with Crippen LogP contribution in [0.2, 0.25) is 0 Å². The minimum atomic E-state index is -5.21. The number of pyridine rings is 1. The maximum absolute atomic E-state index is 13.1. The van der Waals surface area contributed by atoms with Gasteiger partial charge in [-0.3, -0.25) is 4.98 Å². The van der Waals surface area contributed by atoms with Crippen LogP contribution in [0.25, 0.3) is 0 Å². The Morgan fingerprint density at radius 1 is 1.43 bits per heavy atom. The Morgan fingerprint density at radius 3 is 2.48 bits per heavy atom. The highest BCUT2D eigenvalue weighted by molar-refractivity contribution is 5.93. The second-order valence-corrected chi connectivity index (χ2v) is 3.63. The highest BCUT2D eigenvalue weighted by atomic mass is 19.4. The third-order valence-corrected chi connectivity index (χ3v) is 2.28. The van der Waals surface area contributed by atoms with E-state index in [0.717, 1.165) is 0 Å². The highest BCUT2D eigenvalue weighted by Gasteiger charge is 2.36. The topological polar surface area (TPSA) is 74.4 Å². The molecule has 0 spiro atoms. The van der Waals surface area contributed by atoms with Crippen molar-refractivity contribution >= 4 is 5.97 Å². The average Bonchev–Trinajstić information content (AvgIpc) is 2.36. The summed E-state index contributed by atoms with van der Waals surface area (Å²) in [5, 5.41) is 0. The van der Waals surface area contributed by atoms with Crippen molar-refractivity contribution in [2.24, 2.45) is 5.73 Å². The zero-order valence-corrected chi connectivity index (χ0v) is 10.7. The summed E-state index contributed by atoms with van der Waals surface area (Å²) in [5.74, 6) is -2.51. The molecule has 0 aliphatic heterocycles. The van der Waals surface area contributed by atoms with Crippen LogP contribution in [-0.2, 0) is 11.3 Å². The van der Waals surface area contributed by atoms with Gasteiger partial charge >= 0.3 is 12.3 Å². The van der Waals surface area contributed by atoms with Crippen molar-refractivity contribution in [1.82, 2.24) is 4.98 Å². The zero-order valence-electron chi connectivity index (χ0n) is 10.7. The summed E-state index contributed by atoms with van der Waals surface area (Å²) in [4.78, 5) is 15.1. The van der Waals surface area contributed by atoms with Crippen LogP contribution >= 0.6 is 0 Å². The molecule has 0 aliphatic rings. The fourth-order valence-electron chi connectivity index (χ4n) is 1.56. The first-order valence-corrected chi connectivity index (χ1v) is 5.64. The molecular formula is C11H11F5N2O3. The molecule has 0 radical (unpaired) electrons. The lowest BCUT2D eigenvalue weighted by atomic mass is 10.1. The first-order chi connectivity index (χ1) is 9.71. The van der Waals surface area contributed by atoms with Crippen LogP contribution in [0.15, 0.2) is 6.20 Å². The van der Waals surface area contributed by atoms with Gasteiger partial charge in [0, 0.05) is 6.54 Å². The lowest BCUT2D eigenvalue weighted by Gasteiger charge is -2.17. The fourth-order valence-corrected chi connectivity index (χ4v) is 1.56. The van der Waals surface area contributed by atoms with Gasteiger partial charge in [0.2, 0.25) is 0 Å². The predicted octanol–water partition coefficient (Wildman–Crippen LogP) is 2.55. The molecule has 1 rings (SSSR count). The van der Waals surface area contributed by atoms with E-state index in [-0.39, 0.29) is 12.3 Å². The Labute approximate surface area is 115 Å². The van der Waals surface area contributed by atoms with Crippen molar-refractivity contribution in [3.63, 3.8) is 0 Å². The first kappa shape index (κ1) is 17.1. The molecule has 5 nitrogen and oxygen atoms in total. The van der Waals surface area contributed by atoms with Crippen LogP contribution in [0.4, 0.5) is 22.0 Å². The van der Waals surface area contributed by atoms with Crippen LogP contribution in [0, 0.1) is 0 Å². The van der Waals surface area contributed by atoms with Gasteiger partial charge in [0.05, 0.1) is 29.6 Å². The third kappa shape index (κ3) is 4.25. The number of alkyl halides is 5. The van der Waals surface area contributed by atoms with Crippen LogP contribution in [-0.4, -0.2) is 23.9 Å². The van der Waals surface area contributed by atoms with Gasteiger partial charge in [-0.2, -0.15) is 0 Å². The van der Waals surface area contributed by atoms with Gasteiger partial charge in [-0.15, -0.1) is 13.2 Å². The van der Waals surface area contributed by atoms with Crippen molar-refractivity contribution in [2.45, 2.75) is 26.3 Å². The monoisotopic (exact) mass is 314 g/mol. The number of ether oxygens (including phenoxy) is 2. The molecule has 1 aromatic rings. The number of hydrogen-bond donors (Lipinski definition) is 1. The molecule has 0 bridgehead atoms. The average molecular weight is 314 g/mol. The molecule has 0 saturated heterocycles. The van der Waals surface area contributed by atoms with Gasteiger partial charge in [-0.1, -0.05) is 0 Å². The summed E-state index contributed by atoms with van der Waals surface area (Å²) in [6.07, 6.45) is -8.17. The number of esters is 1. The van der Waals surface area contributed by atoms with Crippen molar-refractivity contribution in [3.8, 4) is 5.75 Å². The first-order valence-electron chi connectivity index (χ1n) is 5.64. The number of nitrogens with two attached hydrogens (primary N) is 1. The largest absolute Gasteiger partial charge is 0.573 e.